The Kier molecular flexibility index (Phi) is 4.46. The van der Waals surface area contributed by atoms with E-state index in [1.165, 1.54) is 0 Å². The number of hydrogen-bond acceptors (Lipinski definition) is 6. The van der Waals surface area contributed by atoms with E-state index < -0.39 is 36.1 Å². The molecular formula is C13H9N3O6S. The number of nitro groups is 2. The minimum absolute atomic E-state index is 0.487. The van der Waals surface area contributed by atoms with Crippen molar-refractivity contribution in [3.8, 4) is 0 Å². The van der Waals surface area contributed by atoms with Gasteiger partial charge in [0, 0.05) is 12.3 Å². The fourth-order valence-electron chi connectivity index (χ4n) is 1.71. The van der Waals surface area contributed by atoms with E-state index in [-0.39, 0.29) is 0 Å². The molecule has 2 aromatic carbocycles. The molecule has 0 bridgehead atoms. The number of non-ortho nitro benzene ring substituents is 1. The molecule has 2 aromatic rings. The molecule has 0 amide bonds. The van der Waals surface area contributed by atoms with Gasteiger partial charge >= 0.3 is 0 Å². The predicted octanol–water partition coefficient (Wildman–Crippen LogP) is 2.31. The zero-order valence-corrected chi connectivity index (χ0v) is 12.2. The molecule has 0 saturated heterocycles. The summed E-state index contributed by atoms with van der Waals surface area (Å²) in [5, 5.41) is 21.6. The standard InChI is InChI=1S/C13H9N3O6S/c17-15(18)11-6-7-13(12(8-11)16(19)20)23(21,22)14-9-10-4-2-1-3-5-10/h1-9H. The molecule has 0 heterocycles. The van der Waals surface area contributed by atoms with Gasteiger partial charge in [-0.1, -0.05) is 30.3 Å². The molecule has 9 nitrogen and oxygen atoms in total. The van der Waals surface area contributed by atoms with E-state index in [9.17, 15) is 28.6 Å². The van der Waals surface area contributed by atoms with Crippen molar-refractivity contribution in [2.24, 2.45) is 4.40 Å². The van der Waals surface area contributed by atoms with Gasteiger partial charge in [0.25, 0.3) is 21.4 Å². The highest BCUT2D eigenvalue weighted by atomic mass is 32.2. The second-order valence-corrected chi connectivity index (χ2v) is 5.89. The fraction of sp³-hybridized carbons (Fsp3) is 0. The largest absolute Gasteiger partial charge is 0.296 e. The van der Waals surface area contributed by atoms with Gasteiger partial charge in [-0.3, -0.25) is 20.2 Å². The van der Waals surface area contributed by atoms with Crippen molar-refractivity contribution >= 4 is 27.6 Å². The lowest BCUT2D eigenvalue weighted by Gasteiger charge is -2.01. The van der Waals surface area contributed by atoms with E-state index in [1.54, 1.807) is 30.3 Å². The topological polar surface area (TPSA) is 133 Å². The van der Waals surface area contributed by atoms with Crippen molar-refractivity contribution in [3.63, 3.8) is 0 Å². The molecule has 23 heavy (non-hydrogen) atoms. The van der Waals surface area contributed by atoms with Crippen molar-refractivity contribution in [2.75, 3.05) is 0 Å². The summed E-state index contributed by atoms with van der Waals surface area (Å²) in [6.45, 7) is 0. The van der Waals surface area contributed by atoms with Gasteiger partial charge in [0.15, 0.2) is 4.90 Å². The van der Waals surface area contributed by atoms with Crippen molar-refractivity contribution < 1.29 is 18.3 Å². The Balaban J connectivity index is 2.49. The van der Waals surface area contributed by atoms with Gasteiger partial charge in [0.2, 0.25) is 0 Å². The SMILES string of the molecule is O=[N+]([O-])c1ccc(S(=O)(=O)N=Cc2ccccc2)c([N+](=O)[O-])c1. The van der Waals surface area contributed by atoms with Gasteiger partial charge in [-0.2, -0.15) is 12.8 Å². The van der Waals surface area contributed by atoms with Gasteiger partial charge in [-0.15, -0.1) is 0 Å². The predicted molar refractivity (Wildman–Crippen MR) is 81.0 cm³/mol. The number of rotatable bonds is 5. The summed E-state index contributed by atoms with van der Waals surface area (Å²) < 4.78 is 27.7. The lowest BCUT2D eigenvalue weighted by molar-refractivity contribution is -0.396. The second kappa shape index (κ2) is 6.32. The highest BCUT2D eigenvalue weighted by molar-refractivity contribution is 7.90. The molecule has 0 atom stereocenters. The van der Waals surface area contributed by atoms with Crippen molar-refractivity contribution in [1.82, 2.24) is 0 Å². The van der Waals surface area contributed by atoms with Crippen molar-refractivity contribution in [2.45, 2.75) is 4.90 Å². The Labute approximate surface area is 130 Å². The minimum atomic E-state index is -4.37. The summed E-state index contributed by atoms with van der Waals surface area (Å²) in [5.41, 5.74) is -0.993. The molecule has 0 aromatic heterocycles. The zero-order valence-electron chi connectivity index (χ0n) is 11.4. The van der Waals surface area contributed by atoms with Crippen LogP contribution in [0.2, 0.25) is 0 Å². The van der Waals surface area contributed by atoms with Crippen LogP contribution in [0.5, 0.6) is 0 Å². The van der Waals surface area contributed by atoms with E-state index in [0.717, 1.165) is 18.3 Å². The Bertz CT molecular complexity index is 893. The summed E-state index contributed by atoms with van der Waals surface area (Å²) in [6, 6.07) is 10.5. The van der Waals surface area contributed by atoms with Gasteiger partial charge < -0.3 is 0 Å². The lowest BCUT2D eigenvalue weighted by atomic mass is 10.2. The van der Waals surface area contributed by atoms with Gasteiger partial charge in [-0.05, 0) is 11.6 Å². The van der Waals surface area contributed by atoms with Crippen molar-refractivity contribution in [1.29, 1.82) is 0 Å². The molecule has 0 unspecified atom stereocenters. The Morgan fingerprint density at radius 2 is 1.61 bits per heavy atom. The molecule has 10 heteroatoms. The molecule has 0 aliphatic heterocycles. The monoisotopic (exact) mass is 335 g/mol. The van der Waals surface area contributed by atoms with Crippen LogP contribution in [0.3, 0.4) is 0 Å². The van der Waals surface area contributed by atoms with E-state index in [1.807, 2.05) is 0 Å². The average molecular weight is 335 g/mol. The maximum absolute atomic E-state index is 12.1. The number of nitrogens with zero attached hydrogens (tertiary/aromatic N) is 3. The van der Waals surface area contributed by atoms with Crippen LogP contribution in [-0.4, -0.2) is 24.5 Å². The van der Waals surface area contributed by atoms with Crippen molar-refractivity contribution in [3.05, 3.63) is 74.3 Å². The summed E-state index contributed by atoms with van der Waals surface area (Å²) in [7, 11) is -4.37. The first-order valence-corrected chi connectivity index (χ1v) is 7.53. The summed E-state index contributed by atoms with van der Waals surface area (Å²) in [6.07, 6.45) is 1.04. The van der Waals surface area contributed by atoms with Gasteiger partial charge in [-0.25, -0.2) is 0 Å². The molecule has 118 valence electrons. The average Bonchev–Trinajstić information content (AvgIpc) is 2.53. The first-order valence-electron chi connectivity index (χ1n) is 6.09. The lowest BCUT2D eigenvalue weighted by Crippen LogP contribution is -2.04. The van der Waals surface area contributed by atoms with Crippen LogP contribution in [0, 0.1) is 20.2 Å². The van der Waals surface area contributed by atoms with Crippen LogP contribution in [0.15, 0.2) is 57.8 Å². The van der Waals surface area contributed by atoms with Crippen LogP contribution >= 0.6 is 0 Å². The van der Waals surface area contributed by atoms with E-state index in [0.29, 0.717) is 11.6 Å². The summed E-state index contributed by atoms with van der Waals surface area (Å²) in [4.78, 5) is 19.1. The number of benzene rings is 2. The highest BCUT2D eigenvalue weighted by Gasteiger charge is 2.27. The first kappa shape index (κ1) is 16.2. The summed E-state index contributed by atoms with van der Waals surface area (Å²) >= 11 is 0. The zero-order chi connectivity index (χ0) is 17.0. The molecule has 0 aliphatic carbocycles. The molecule has 0 aliphatic rings. The normalized spacial score (nSPS) is 11.5. The minimum Gasteiger partial charge on any atom is -0.258 e. The fourth-order valence-corrected chi connectivity index (χ4v) is 2.72. The van der Waals surface area contributed by atoms with Crippen LogP contribution in [-0.2, 0) is 10.0 Å². The number of hydrogen-bond donors (Lipinski definition) is 0. The maximum atomic E-state index is 12.1. The van der Waals surface area contributed by atoms with E-state index in [2.05, 4.69) is 4.40 Å². The van der Waals surface area contributed by atoms with Crippen LogP contribution in [0.4, 0.5) is 11.4 Å². The van der Waals surface area contributed by atoms with Crippen LogP contribution in [0.1, 0.15) is 5.56 Å². The van der Waals surface area contributed by atoms with E-state index in [4.69, 9.17) is 0 Å². The Morgan fingerprint density at radius 3 is 2.17 bits per heavy atom. The van der Waals surface area contributed by atoms with Gasteiger partial charge in [0.1, 0.15) is 0 Å². The quantitative estimate of drug-likeness (QED) is 0.467. The van der Waals surface area contributed by atoms with E-state index >= 15 is 0 Å². The molecule has 0 spiro atoms. The molecule has 0 radical (unpaired) electrons. The molecular weight excluding hydrogens is 326 g/mol. The second-order valence-electron chi connectivity index (χ2n) is 4.29. The Morgan fingerprint density at radius 1 is 0.957 bits per heavy atom. The maximum Gasteiger partial charge on any atom is 0.296 e. The molecule has 0 N–H and O–H groups in total. The molecule has 2 rings (SSSR count). The molecule has 0 saturated carbocycles. The third kappa shape index (κ3) is 3.74. The van der Waals surface area contributed by atoms with Crippen LogP contribution in [0.25, 0.3) is 0 Å². The number of nitro benzene ring substituents is 2. The Hall–Kier alpha value is -3.14. The van der Waals surface area contributed by atoms with Crippen LogP contribution < -0.4 is 0 Å². The van der Waals surface area contributed by atoms with Gasteiger partial charge in [0.05, 0.1) is 15.9 Å². The first-order chi connectivity index (χ1) is 10.8. The summed E-state index contributed by atoms with van der Waals surface area (Å²) in [5.74, 6) is 0. The third-order valence-electron chi connectivity index (χ3n) is 2.77. The smallest absolute Gasteiger partial charge is 0.258 e. The molecule has 0 fully saturated rings. The number of sulfonamides is 1. The highest BCUT2D eigenvalue weighted by Crippen LogP contribution is 2.29. The third-order valence-corrected chi connectivity index (χ3v) is 4.05.